The summed E-state index contributed by atoms with van der Waals surface area (Å²) in [7, 11) is 3.20. The summed E-state index contributed by atoms with van der Waals surface area (Å²) < 4.78 is 10.7. The molecule has 0 fully saturated rings. The lowest BCUT2D eigenvalue weighted by Crippen LogP contribution is -2.35. The van der Waals surface area contributed by atoms with Crippen LogP contribution in [0.4, 0.5) is 5.13 Å². The molecule has 1 amide bonds. The number of thiazole rings is 1. The third kappa shape index (κ3) is 5.44. The second kappa shape index (κ2) is 10.8. The summed E-state index contributed by atoms with van der Waals surface area (Å²) in [4.78, 5) is 19.3. The molecule has 166 valence electrons. The Bertz CT molecular complexity index is 1110. The van der Waals surface area contributed by atoms with Crippen LogP contribution >= 0.6 is 11.3 Å². The van der Waals surface area contributed by atoms with Crippen LogP contribution in [0, 0.1) is 11.3 Å². The molecule has 3 aromatic rings. The van der Waals surface area contributed by atoms with Gasteiger partial charge in [-0.05, 0) is 43.3 Å². The molecule has 1 N–H and O–H groups in total. The minimum absolute atomic E-state index is 0.0360. The number of aromatic nitrogens is 1. The van der Waals surface area contributed by atoms with Gasteiger partial charge in [0.15, 0.2) is 5.13 Å². The highest BCUT2D eigenvalue weighted by Crippen LogP contribution is 2.34. The summed E-state index contributed by atoms with van der Waals surface area (Å²) in [6.45, 7) is 5.01. The highest BCUT2D eigenvalue weighted by molar-refractivity contribution is 7.14. The second-order valence-corrected chi connectivity index (χ2v) is 7.98. The molecular formula is C24H26N4O3S. The van der Waals surface area contributed by atoms with Crippen molar-refractivity contribution in [2.45, 2.75) is 19.9 Å². The van der Waals surface area contributed by atoms with Crippen molar-refractivity contribution in [3.8, 4) is 28.8 Å². The van der Waals surface area contributed by atoms with E-state index in [1.807, 2.05) is 36.6 Å². The Morgan fingerprint density at radius 2 is 1.97 bits per heavy atom. The molecule has 2 aromatic carbocycles. The number of carbonyl (C=O) groups is 1. The third-order valence-electron chi connectivity index (χ3n) is 5.26. The van der Waals surface area contributed by atoms with Gasteiger partial charge in [0.05, 0.1) is 38.1 Å². The fourth-order valence-electron chi connectivity index (χ4n) is 3.38. The van der Waals surface area contributed by atoms with E-state index in [2.05, 4.69) is 28.2 Å². The van der Waals surface area contributed by atoms with Crippen molar-refractivity contribution in [3.63, 3.8) is 0 Å². The number of hydrogen-bond donors (Lipinski definition) is 1. The lowest BCUT2D eigenvalue weighted by molar-refractivity contribution is -0.117. The van der Waals surface area contributed by atoms with Gasteiger partial charge >= 0.3 is 0 Å². The van der Waals surface area contributed by atoms with Gasteiger partial charge in [0.1, 0.15) is 11.5 Å². The molecule has 7 nitrogen and oxygen atoms in total. The van der Waals surface area contributed by atoms with Crippen LogP contribution in [0.25, 0.3) is 11.3 Å². The maximum atomic E-state index is 12.7. The van der Waals surface area contributed by atoms with Gasteiger partial charge in [-0.15, -0.1) is 11.3 Å². The molecule has 0 bridgehead atoms. The Morgan fingerprint density at radius 3 is 2.59 bits per heavy atom. The number of benzene rings is 2. The van der Waals surface area contributed by atoms with Gasteiger partial charge in [0, 0.05) is 23.1 Å². The van der Waals surface area contributed by atoms with E-state index in [1.54, 1.807) is 32.4 Å². The zero-order chi connectivity index (χ0) is 23.1. The van der Waals surface area contributed by atoms with Crippen LogP contribution in [-0.4, -0.2) is 43.1 Å². The molecule has 0 aliphatic carbocycles. The first-order chi connectivity index (χ1) is 15.5. The van der Waals surface area contributed by atoms with Crippen LogP contribution in [0.1, 0.15) is 31.0 Å². The van der Waals surface area contributed by atoms with Crippen LogP contribution in [-0.2, 0) is 4.79 Å². The third-order valence-corrected chi connectivity index (χ3v) is 6.02. The molecule has 1 aromatic heterocycles. The zero-order valence-electron chi connectivity index (χ0n) is 18.6. The summed E-state index contributed by atoms with van der Waals surface area (Å²) in [5.74, 6) is 1.22. The summed E-state index contributed by atoms with van der Waals surface area (Å²) in [6.07, 6.45) is 0. The maximum absolute atomic E-state index is 12.7. The topological polar surface area (TPSA) is 87.5 Å². The Labute approximate surface area is 192 Å². The molecule has 3 rings (SSSR count). The molecule has 1 atom stereocenters. The van der Waals surface area contributed by atoms with Crippen molar-refractivity contribution in [1.82, 2.24) is 9.88 Å². The summed E-state index contributed by atoms with van der Waals surface area (Å²) in [5.41, 5.74) is 3.23. The number of methoxy groups -OCH3 is 2. The number of nitrogens with zero attached hydrogens (tertiary/aromatic N) is 3. The first kappa shape index (κ1) is 23.3. The second-order valence-electron chi connectivity index (χ2n) is 7.13. The predicted octanol–water partition coefficient (Wildman–Crippen LogP) is 4.72. The average Bonchev–Trinajstić information content (AvgIpc) is 3.29. The minimum Gasteiger partial charge on any atom is -0.497 e. The van der Waals surface area contributed by atoms with Crippen molar-refractivity contribution in [3.05, 3.63) is 59.0 Å². The van der Waals surface area contributed by atoms with E-state index in [9.17, 15) is 4.79 Å². The highest BCUT2D eigenvalue weighted by Gasteiger charge is 2.19. The van der Waals surface area contributed by atoms with Crippen LogP contribution in [0.3, 0.4) is 0 Å². The molecule has 0 saturated heterocycles. The van der Waals surface area contributed by atoms with Gasteiger partial charge in [-0.2, -0.15) is 5.26 Å². The lowest BCUT2D eigenvalue weighted by atomic mass is 10.1. The van der Waals surface area contributed by atoms with Crippen LogP contribution < -0.4 is 14.8 Å². The fourth-order valence-corrected chi connectivity index (χ4v) is 4.10. The molecule has 8 heteroatoms. The normalized spacial score (nSPS) is 11.6. The van der Waals surface area contributed by atoms with E-state index in [1.165, 1.54) is 11.3 Å². The number of hydrogen-bond acceptors (Lipinski definition) is 7. The molecule has 0 saturated carbocycles. The quantitative estimate of drug-likeness (QED) is 0.508. The number of rotatable bonds is 9. The van der Waals surface area contributed by atoms with E-state index in [-0.39, 0.29) is 18.5 Å². The molecule has 0 spiro atoms. The van der Waals surface area contributed by atoms with Gasteiger partial charge in [0.2, 0.25) is 5.91 Å². The van der Waals surface area contributed by atoms with E-state index >= 15 is 0 Å². The maximum Gasteiger partial charge on any atom is 0.240 e. The minimum atomic E-state index is -0.130. The largest absolute Gasteiger partial charge is 0.497 e. The van der Waals surface area contributed by atoms with Crippen molar-refractivity contribution < 1.29 is 14.3 Å². The average molecular weight is 451 g/mol. The lowest BCUT2D eigenvalue weighted by Gasteiger charge is -2.27. The summed E-state index contributed by atoms with van der Waals surface area (Å²) >= 11 is 1.37. The first-order valence-corrected chi connectivity index (χ1v) is 11.1. The van der Waals surface area contributed by atoms with Crippen LogP contribution in [0.15, 0.2) is 47.8 Å². The van der Waals surface area contributed by atoms with Crippen molar-refractivity contribution in [2.24, 2.45) is 0 Å². The number of amides is 1. The van der Waals surface area contributed by atoms with Crippen molar-refractivity contribution in [2.75, 3.05) is 32.6 Å². The SMILES string of the molecule is CCN(CC(=O)Nc1nc(-c2ccc(OC)cc2OC)cs1)C(C)c1ccc(C#N)cc1. The Kier molecular flexibility index (Phi) is 7.82. The van der Waals surface area contributed by atoms with Gasteiger partial charge < -0.3 is 14.8 Å². The van der Waals surface area contributed by atoms with Crippen molar-refractivity contribution in [1.29, 1.82) is 5.26 Å². The standard InChI is InChI=1S/C24H26N4O3S/c1-5-28(16(2)18-8-6-17(13-25)7-9-18)14-23(29)27-24-26-21(15-32-24)20-11-10-19(30-3)12-22(20)31-4/h6-12,15-16H,5,14H2,1-4H3,(H,26,27,29). The Hall–Kier alpha value is -3.41. The number of nitriles is 1. The van der Waals surface area contributed by atoms with E-state index in [0.717, 1.165) is 16.8 Å². The highest BCUT2D eigenvalue weighted by atomic mass is 32.1. The number of ether oxygens (including phenoxy) is 2. The number of likely N-dealkylation sites (N-methyl/N-ethyl adjacent to an activating group) is 1. The predicted molar refractivity (Wildman–Crippen MR) is 126 cm³/mol. The first-order valence-electron chi connectivity index (χ1n) is 10.2. The zero-order valence-corrected chi connectivity index (χ0v) is 19.4. The fraction of sp³-hybridized carbons (Fsp3) is 0.292. The van der Waals surface area contributed by atoms with Gasteiger partial charge in [0.25, 0.3) is 0 Å². The van der Waals surface area contributed by atoms with Crippen molar-refractivity contribution >= 4 is 22.4 Å². The summed E-state index contributed by atoms with van der Waals surface area (Å²) in [6, 6.07) is 15.1. The Balaban J connectivity index is 1.67. The van der Waals surface area contributed by atoms with Crippen LogP contribution in [0.2, 0.25) is 0 Å². The van der Waals surface area contributed by atoms with E-state index in [4.69, 9.17) is 14.7 Å². The van der Waals surface area contributed by atoms with Gasteiger partial charge in [-0.1, -0.05) is 19.1 Å². The summed E-state index contributed by atoms with van der Waals surface area (Å²) in [5, 5.41) is 14.3. The molecule has 0 aliphatic heterocycles. The molecule has 0 aliphatic rings. The van der Waals surface area contributed by atoms with Gasteiger partial charge in [-0.25, -0.2) is 4.98 Å². The number of carbonyl (C=O) groups excluding carboxylic acids is 1. The van der Waals surface area contributed by atoms with Crippen LogP contribution in [0.5, 0.6) is 11.5 Å². The van der Waals surface area contributed by atoms with Gasteiger partial charge in [-0.3, -0.25) is 9.69 Å². The van der Waals surface area contributed by atoms with E-state index < -0.39 is 0 Å². The number of nitrogens with one attached hydrogen (secondary N) is 1. The molecule has 32 heavy (non-hydrogen) atoms. The monoisotopic (exact) mass is 450 g/mol. The Morgan fingerprint density at radius 1 is 1.22 bits per heavy atom. The molecular weight excluding hydrogens is 424 g/mol. The molecule has 0 radical (unpaired) electrons. The van der Waals surface area contributed by atoms with E-state index in [0.29, 0.717) is 28.7 Å². The molecule has 1 heterocycles. The molecule has 1 unspecified atom stereocenters. The number of anilines is 1. The smallest absolute Gasteiger partial charge is 0.240 e.